The van der Waals surface area contributed by atoms with Crippen molar-refractivity contribution < 1.29 is 9.53 Å². The molecule has 1 amide bonds. The van der Waals surface area contributed by atoms with E-state index < -0.39 is 5.91 Å². The standard InChI is InChI=1S/C13H14N2O2/c1-15-10(3-6-13(14)16)7-9-8-11(17-2)4-5-12(9)15/h3-8H,1-2H3,(H2,14,16)/b6-3-. The first-order chi connectivity index (χ1) is 8.11. The second-order valence-corrected chi connectivity index (χ2v) is 3.79. The van der Waals surface area contributed by atoms with Crippen LogP contribution in [0.15, 0.2) is 30.3 Å². The molecule has 17 heavy (non-hydrogen) atoms. The summed E-state index contributed by atoms with van der Waals surface area (Å²) in [6, 6.07) is 7.83. The molecule has 0 fully saturated rings. The van der Waals surface area contributed by atoms with Crippen LogP contribution in [0.2, 0.25) is 0 Å². The molecule has 2 N–H and O–H groups in total. The zero-order valence-electron chi connectivity index (χ0n) is 9.81. The fourth-order valence-electron chi connectivity index (χ4n) is 1.80. The van der Waals surface area contributed by atoms with Crippen molar-refractivity contribution in [2.24, 2.45) is 12.8 Å². The largest absolute Gasteiger partial charge is 0.497 e. The molecule has 88 valence electrons. The Labute approximate surface area is 99.3 Å². The highest BCUT2D eigenvalue weighted by Crippen LogP contribution is 2.24. The minimum Gasteiger partial charge on any atom is -0.497 e. The van der Waals surface area contributed by atoms with E-state index in [9.17, 15) is 4.79 Å². The van der Waals surface area contributed by atoms with E-state index in [0.717, 1.165) is 22.3 Å². The third kappa shape index (κ3) is 2.15. The summed E-state index contributed by atoms with van der Waals surface area (Å²) in [4.78, 5) is 10.7. The van der Waals surface area contributed by atoms with E-state index in [0.29, 0.717) is 0 Å². The summed E-state index contributed by atoms with van der Waals surface area (Å²) in [5, 5.41) is 1.07. The molecule has 0 bridgehead atoms. The van der Waals surface area contributed by atoms with E-state index in [4.69, 9.17) is 10.5 Å². The molecule has 0 saturated heterocycles. The molecule has 0 saturated carbocycles. The first kappa shape index (κ1) is 11.3. The number of aryl methyl sites for hydroxylation is 1. The quantitative estimate of drug-likeness (QED) is 0.816. The van der Waals surface area contributed by atoms with Gasteiger partial charge in [0.25, 0.3) is 0 Å². The predicted octanol–water partition coefficient (Wildman–Crippen LogP) is 1.69. The summed E-state index contributed by atoms with van der Waals surface area (Å²) in [5.74, 6) is 0.362. The van der Waals surface area contributed by atoms with Crippen molar-refractivity contribution in [1.29, 1.82) is 0 Å². The first-order valence-electron chi connectivity index (χ1n) is 5.23. The van der Waals surface area contributed by atoms with Gasteiger partial charge >= 0.3 is 0 Å². The van der Waals surface area contributed by atoms with Gasteiger partial charge in [0.15, 0.2) is 0 Å². The SMILES string of the molecule is COc1ccc2c(c1)cc(/C=C\C(N)=O)n2C. The lowest BCUT2D eigenvalue weighted by Crippen LogP contribution is -2.05. The number of hydrogen-bond acceptors (Lipinski definition) is 2. The van der Waals surface area contributed by atoms with E-state index in [1.807, 2.05) is 35.9 Å². The summed E-state index contributed by atoms with van der Waals surface area (Å²) in [7, 11) is 3.58. The van der Waals surface area contributed by atoms with E-state index in [2.05, 4.69) is 0 Å². The van der Waals surface area contributed by atoms with Crippen LogP contribution in [-0.2, 0) is 11.8 Å². The number of nitrogens with zero attached hydrogens (tertiary/aromatic N) is 1. The predicted molar refractivity (Wildman–Crippen MR) is 67.7 cm³/mol. The molecule has 0 aliphatic rings. The molecule has 0 aliphatic carbocycles. The number of aromatic nitrogens is 1. The normalized spacial score (nSPS) is 11.2. The molecule has 4 nitrogen and oxygen atoms in total. The first-order valence-corrected chi connectivity index (χ1v) is 5.23. The number of methoxy groups -OCH3 is 1. The molecule has 1 heterocycles. The maximum absolute atomic E-state index is 10.7. The summed E-state index contributed by atoms with van der Waals surface area (Å²) < 4.78 is 7.16. The number of hydrogen-bond donors (Lipinski definition) is 1. The molecule has 0 radical (unpaired) electrons. The van der Waals surface area contributed by atoms with Crippen LogP contribution < -0.4 is 10.5 Å². The number of fused-ring (bicyclic) bond motifs is 1. The molecule has 0 aliphatic heterocycles. The van der Waals surface area contributed by atoms with Gasteiger partial charge in [-0.2, -0.15) is 0 Å². The summed E-state index contributed by atoms with van der Waals surface area (Å²) in [5.41, 5.74) is 7.08. The van der Waals surface area contributed by atoms with Crippen LogP contribution in [0, 0.1) is 0 Å². The Bertz CT molecular complexity index is 597. The molecule has 1 aromatic carbocycles. The van der Waals surface area contributed by atoms with Crippen molar-refractivity contribution in [2.75, 3.05) is 7.11 Å². The molecule has 4 heteroatoms. The van der Waals surface area contributed by atoms with Crippen LogP contribution in [0.5, 0.6) is 5.75 Å². The molecule has 2 rings (SSSR count). The molecular weight excluding hydrogens is 216 g/mol. The molecule has 0 unspecified atom stereocenters. The minimum absolute atomic E-state index is 0.451. The maximum Gasteiger partial charge on any atom is 0.241 e. The lowest BCUT2D eigenvalue weighted by atomic mass is 10.2. The molecule has 2 aromatic rings. The van der Waals surface area contributed by atoms with Crippen LogP contribution in [0.1, 0.15) is 5.69 Å². The number of nitrogens with two attached hydrogens (primary N) is 1. The highest BCUT2D eigenvalue weighted by atomic mass is 16.5. The van der Waals surface area contributed by atoms with Gasteiger partial charge < -0.3 is 15.0 Å². The van der Waals surface area contributed by atoms with Crippen molar-refractivity contribution in [2.45, 2.75) is 0 Å². The van der Waals surface area contributed by atoms with Gasteiger partial charge in [-0.05, 0) is 30.3 Å². The number of amides is 1. The van der Waals surface area contributed by atoms with Crippen molar-refractivity contribution >= 4 is 22.9 Å². The topological polar surface area (TPSA) is 57.2 Å². The summed E-state index contributed by atoms with van der Waals surface area (Å²) in [6.45, 7) is 0. The Morgan fingerprint density at radius 2 is 2.18 bits per heavy atom. The third-order valence-corrected chi connectivity index (χ3v) is 2.71. The highest BCUT2D eigenvalue weighted by molar-refractivity contribution is 5.92. The maximum atomic E-state index is 10.7. The van der Waals surface area contributed by atoms with Crippen LogP contribution in [-0.4, -0.2) is 17.6 Å². The lowest BCUT2D eigenvalue weighted by molar-refractivity contribution is -0.113. The van der Waals surface area contributed by atoms with E-state index in [-0.39, 0.29) is 0 Å². The van der Waals surface area contributed by atoms with E-state index in [1.165, 1.54) is 6.08 Å². The number of primary amides is 1. The average Bonchev–Trinajstić information content (AvgIpc) is 2.63. The van der Waals surface area contributed by atoms with Gasteiger partial charge in [-0.15, -0.1) is 0 Å². The Morgan fingerprint density at radius 1 is 1.41 bits per heavy atom. The Balaban J connectivity index is 2.52. The Morgan fingerprint density at radius 3 is 2.82 bits per heavy atom. The summed E-state index contributed by atoms with van der Waals surface area (Å²) >= 11 is 0. The van der Waals surface area contributed by atoms with Crippen molar-refractivity contribution in [3.63, 3.8) is 0 Å². The highest BCUT2D eigenvalue weighted by Gasteiger charge is 2.04. The zero-order chi connectivity index (χ0) is 12.4. The van der Waals surface area contributed by atoms with Gasteiger partial charge in [-0.1, -0.05) is 0 Å². The number of ether oxygens (including phenoxy) is 1. The third-order valence-electron chi connectivity index (χ3n) is 2.71. The fourth-order valence-corrected chi connectivity index (χ4v) is 1.80. The molecule has 1 aromatic heterocycles. The van der Waals surface area contributed by atoms with Crippen molar-refractivity contribution in [3.8, 4) is 5.75 Å². The smallest absolute Gasteiger partial charge is 0.241 e. The molecular formula is C13H14N2O2. The van der Waals surface area contributed by atoms with Crippen LogP contribution in [0.3, 0.4) is 0 Å². The molecule has 0 spiro atoms. The van der Waals surface area contributed by atoms with E-state index >= 15 is 0 Å². The summed E-state index contributed by atoms with van der Waals surface area (Å²) in [6.07, 6.45) is 3.06. The Kier molecular flexibility index (Phi) is 2.87. The number of benzene rings is 1. The van der Waals surface area contributed by atoms with Gasteiger partial charge in [0.1, 0.15) is 5.75 Å². The van der Waals surface area contributed by atoms with E-state index in [1.54, 1.807) is 13.2 Å². The number of rotatable bonds is 3. The van der Waals surface area contributed by atoms with Gasteiger partial charge in [0.2, 0.25) is 5.91 Å². The van der Waals surface area contributed by atoms with Crippen LogP contribution in [0.4, 0.5) is 0 Å². The lowest BCUT2D eigenvalue weighted by Gasteiger charge is -2.01. The second-order valence-electron chi connectivity index (χ2n) is 3.79. The van der Waals surface area contributed by atoms with Gasteiger partial charge in [-0.25, -0.2) is 0 Å². The molecule has 0 atom stereocenters. The average molecular weight is 230 g/mol. The second kappa shape index (κ2) is 4.33. The minimum atomic E-state index is -0.451. The fraction of sp³-hybridized carbons (Fsp3) is 0.154. The number of carbonyl (C=O) groups excluding carboxylic acids is 1. The van der Waals surface area contributed by atoms with Crippen LogP contribution in [0.25, 0.3) is 17.0 Å². The Hall–Kier alpha value is -2.23. The van der Waals surface area contributed by atoms with Gasteiger partial charge in [-0.3, -0.25) is 4.79 Å². The van der Waals surface area contributed by atoms with Crippen molar-refractivity contribution in [1.82, 2.24) is 4.57 Å². The van der Waals surface area contributed by atoms with Gasteiger partial charge in [0, 0.05) is 29.7 Å². The van der Waals surface area contributed by atoms with Gasteiger partial charge in [0.05, 0.1) is 7.11 Å². The van der Waals surface area contributed by atoms with Crippen molar-refractivity contribution in [3.05, 3.63) is 36.0 Å². The van der Waals surface area contributed by atoms with Crippen LogP contribution >= 0.6 is 0 Å². The zero-order valence-corrected chi connectivity index (χ0v) is 9.81. The monoisotopic (exact) mass is 230 g/mol. The number of carbonyl (C=O) groups is 1.